The monoisotopic (exact) mass is 240 g/mol. The van der Waals surface area contributed by atoms with Crippen LogP contribution in [0.25, 0.3) is 0 Å². The van der Waals surface area contributed by atoms with Crippen LogP contribution in [0, 0.1) is 0 Å². The van der Waals surface area contributed by atoms with Gasteiger partial charge in [-0.3, -0.25) is 0 Å². The van der Waals surface area contributed by atoms with E-state index in [4.69, 9.17) is 19.9 Å². The van der Waals surface area contributed by atoms with Gasteiger partial charge in [0.1, 0.15) is 6.61 Å². The van der Waals surface area contributed by atoms with E-state index >= 15 is 0 Å². The van der Waals surface area contributed by atoms with Crippen LogP contribution < -0.4 is 10.5 Å². The molecule has 0 fully saturated rings. The van der Waals surface area contributed by atoms with Crippen LogP contribution in [-0.4, -0.2) is 38.5 Å². The fourth-order valence-corrected chi connectivity index (χ4v) is 1.23. The Bertz CT molecular complexity index is 290. The molecular weight excluding hydrogens is 220 g/mol. The number of rotatable bonds is 9. The van der Waals surface area contributed by atoms with Crippen LogP contribution in [0.1, 0.15) is 12.0 Å². The molecule has 0 amide bonds. The van der Waals surface area contributed by atoms with Gasteiger partial charge in [0.25, 0.3) is 0 Å². The average molecular weight is 240 g/mol. The molecule has 1 rings (SSSR count). The highest BCUT2D eigenvalue weighted by molar-refractivity contribution is 5.17. The predicted molar refractivity (Wildman–Crippen MR) is 64.9 cm³/mol. The first-order valence-electron chi connectivity index (χ1n) is 5.71. The van der Waals surface area contributed by atoms with Crippen LogP contribution >= 0.6 is 0 Å². The zero-order chi connectivity index (χ0) is 12.3. The van der Waals surface area contributed by atoms with E-state index in [-0.39, 0.29) is 0 Å². The van der Waals surface area contributed by atoms with Gasteiger partial charge in [-0.05, 0) is 12.0 Å². The summed E-state index contributed by atoms with van der Waals surface area (Å²) in [4.78, 5) is 4.12. The fraction of sp³-hybridized carbons (Fsp3) is 0.583. The Kier molecular flexibility index (Phi) is 7.29. The first kappa shape index (κ1) is 13.9. The Balaban J connectivity index is 2.05. The fourth-order valence-electron chi connectivity index (χ4n) is 1.23. The van der Waals surface area contributed by atoms with Gasteiger partial charge in [0.2, 0.25) is 5.88 Å². The summed E-state index contributed by atoms with van der Waals surface area (Å²) >= 11 is 0. The molecule has 0 spiro atoms. The van der Waals surface area contributed by atoms with Gasteiger partial charge in [-0.25, -0.2) is 4.98 Å². The Morgan fingerprint density at radius 2 is 2.06 bits per heavy atom. The summed E-state index contributed by atoms with van der Waals surface area (Å²) in [5.74, 6) is 0.600. The van der Waals surface area contributed by atoms with E-state index in [1.807, 2.05) is 12.1 Å². The van der Waals surface area contributed by atoms with Gasteiger partial charge in [0.15, 0.2) is 0 Å². The molecule has 17 heavy (non-hydrogen) atoms. The number of pyridine rings is 1. The van der Waals surface area contributed by atoms with E-state index in [2.05, 4.69) is 4.98 Å². The zero-order valence-corrected chi connectivity index (χ0v) is 10.2. The van der Waals surface area contributed by atoms with Crippen molar-refractivity contribution >= 4 is 0 Å². The molecule has 0 bridgehead atoms. The van der Waals surface area contributed by atoms with E-state index in [0.29, 0.717) is 32.2 Å². The van der Waals surface area contributed by atoms with Crippen LogP contribution in [0.4, 0.5) is 0 Å². The van der Waals surface area contributed by atoms with E-state index in [0.717, 1.165) is 18.6 Å². The van der Waals surface area contributed by atoms with E-state index in [1.165, 1.54) is 0 Å². The predicted octanol–water partition coefficient (Wildman–Crippen LogP) is 0.972. The first-order valence-corrected chi connectivity index (χ1v) is 5.71. The minimum absolute atomic E-state index is 0.496. The molecule has 2 N–H and O–H groups in total. The number of hydrogen-bond acceptors (Lipinski definition) is 5. The molecule has 0 atom stereocenters. The molecule has 96 valence electrons. The van der Waals surface area contributed by atoms with Crippen molar-refractivity contribution < 1.29 is 14.2 Å². The van der Waals surface area contributed by atoms with Gasteiger partial charge >= 0.3 is 0 Å². The number of nitrogens with two attached hydrogens (primary N) is 1. The number of nitrogens with zero attached hydrogens (tertiary/aromatic N) is 1. The molecular formula is C12H20N2O3. The lowest BCUT2D eigenvalue weighted by Gasteiger charge is -2.06. The maximum absolute atomic E-state index is 5.47. The van der Waals surface area contributed by atoms with Crippen LogP contribution in [0.3, 0.4) is 0 Å². The molecule has 0 aromatic carbocycles. The molecule has 0 aliphatic rings. The second kappa shape index (κ2) is 8.92. The summed E-state index contributed by atoms with van der Waals surface area (Å²) in [6.07, 6.45) is 2.62. The molecule has 0 radical (unpaired) electrons. The molecule has 0 aliphatic heterocycles. The molecule has 5 heteroatoms. The summed E-state index contributed by atoms with van der Waals surface area (Å²) in [7, 11) is 1.68. The summed E-state index contributed by atoms with van der Waals surface area (Å²) in [5, 5.41) is 0. The van der Waals surface area contributed by atoms with Gasteiger partial charge in [-0.2, -0.15) is 0 Å². The average Bonchev–Trinajstić information content (AvgIpc) is 2.38. The molecule has 0 unspecified atom stereocenters. The van der Waals surface area contributed by atoms with Crippen molar-refractivity contribution in [3.8, 4) is 5.88 Å². The minimum Gasteiger partial charge on any atom is -0.475 e. The first-order chi connectivity index (χ1) is 8.36. The highest BCUT2D eigenvalue weighted by Gasteiger charge is 1.96. The van der Waals surface area contributed by atoms with Gasteiger partial charge in [-0.1, -0.05) is 6.07 Å². The number of hydrogen-bond donors (Lipinski definition) is 1. The Labute approximate surface area is 102 Å². The van der Waals surface area contributed by atoms with Crippen molar-refractivity contribution in [3.05, 3.63) is 23.9 Å². The molecule has 1 aromatic rings. The van der Waals surface area contributed by atoms with Crippen molar-refractivity contribution in [2.45, 2.75) is 13.0 Å². The van der Waals surface area contributed by atoms with E-state index in [9.17, 15) is 0 Å². The van der Waals surface area contributed by atoms with Crippen LogP contribution in [-0.2, 0) is 16.0 Å². The van der Waals surface area contributed by atoms with Gasteiger partial charge in [-0.15, -0.1) is 0 Å². The molecule has 0 aliphatic carbocycles. The van der Waals surface area contributed by atoms with E-state index in [1.54, 1.807) is 13.3 Å². The lowest BCUT2D eigenvalue weighted by Crippen LogP contribution is -2.09. The molecule has 5 nitrogen and oxygen atoms in total. The molecule has 1 heterocycles. The largest absolute Gasteiger partial charge is 0.475 e. The summed E-state index contributed by atoms with van der Waals surface area (Å²) in [6, 6.07) is 3.72. The van der Waals surface area contributed by atoms with Crippen LogP contribution in [0.2, 0.25) is 0 Å². The second-order valence-corrected chi connectivity index (χ2v) is 3.52. The van der Waals surface area contributed by atoms with Gasteiger partial charge in [0, 0.05) is 39.1 Å². The number of ether oxygens (including phenoxy) is 3. The van der Waals surface area contributed by atoms with Crippen LogP contribution in [0.5, 0.6) is 5.88 Å². The molecule has 0 saturated heterocycles. The number of methoxy groups -OCH3 is 1. The van der Waals surface area contributed by atoms with Crippen molar-refractivity contribution in [3.63, 3.8) is 0 Å². The van der Waals surface area contributed by atoms with Crippen molar-refractivity contribution in [1.82, 2.24) is 4.98 Å². The highest BCUT2D eigenvalue weighted by atomic mass is 16.5. The Morgan fingerprint density at radius 1 is 1.18 bits per heavy atom. The topological polar surface area (TPSA) is 66.6 Å². The Hall–Kier alpha value is -1.17. The highest BCUT2D eigenvalue weighted by Crippen LogP contribution is 2.06. The quantitative estimate of drug-likeness (QED) is 0.651. The van der Waals surface area contributed by atoms with Crippen molar-refractivity contribution in [1.29, 1.82) is 0 Å². The van der Waals surface area contributed by atoms with Crippen molar-refractivity contribution in [2.24, 2.45) is 5.73 Å². The van der Waals surface area contributed by atoms with Gasteiger partial charge in [0.05, 0.1) is 6.61 Å². The summed E-state index contributed by atoms with van der Waals surface area (Å²) < 4.78 is 15.7. The minimum atomic E-state index is 0.496. The maximum atomic E-state index is 5.47. The zero-order valence-electron chi connectivity index (χ0n) is 10.2. The smallest absolute Gasteiger partial charge is 0.213 e. The third kappa shape index (κ3) is 6.21. The third-order valence-electron chi connectivity index (χ3n) is 2.15. The second-order valence-electron chi connectivity index (χ2n) is 3.52. The lowest BCUT2D eigenvalue weighted by molar-refractivity contribution is 0.0795. The van der Waals surface area contributed by atoms with Crippen LogP contribution in [0.15, 0.2) is 18.3 Å². The van der Waals surface area contributed by atoms with E-state index < -0.39 is 0 Å². The maximum Gasteiger partial charge on any atom is 0.213 e. The summed E-state index contributed by atoms with van der Waals surface area (Å²) in [5.41, 5.74) is 6.46. The normalized spacial score (nSPS) is 10.5. The third-order valence-corrected chi connectivity index (χ3v) is 2.15. The molecule has 0 saturated carbocycles. The SMILES string of the molecule is COCCCOCCOc1ccc(CN)cn1. The lowest BCUT2D eigenvalue weighted by atomic mass is 10.3. The standard InChI is InChI=1S/C12H20N2O3/c1-15-5-2-6-16-7-8-17-12-4-3-11(9-13)10-14-12/h3-4,10H,2,5-9,13H2,1H3. The van der Waals surface area contributed by atoms with Gasteiger partial charge < -0.3 is 19.9 Å². The Morgan fingerprint density at radius 3 is 2.71 bits per heavy atom. The van der Waals surface area contributed by atoms with Crippen molar-refractivity contribution in [2.75, 3.05) is 33.5 Å². The molecule has 1 aromatic heterocycles. The summed E-state index contributed by atoms with van der Waals surface area (Å²) in [6.45, 7) is 2.97. The number of aromatic nitrogens is 1.